The highest BCUT2D eigenvalue weighted by atomic mass is 32.1. The van der Waals surface area contributed by atoms with Crippen molar-refractivity contribution in [3.05, 3.63) is 51.4 Å². The van der Waals surface area contributed by atoms with Crippen LogP contribution in [0, 0.1) is 11.3 Å². The third-order valence-electron chi connectivity index (χ3n) is 6.17. The normalized spacial score (nSPS) is 16.0. The molecule has 172 valence electrons. The quantitative estimate of drug-likeness (QED) is 0.355. The number of ether oxygens (including phenoxy) is 1. The number of carbonyl (C=O) groups is 2. The van der Waals surface area contributed by atoms with Gasteiger partial charge in [-0.15, -0.1) is 11.3 Å². The number of piperidine rings is 1. The van der Waals surface area contributed by atoms with Gasteiger partial charge in [-0.05, 0) is 81.2 Å². The first kappa shape index (κ1) is 23.1. The van der Waals surface area contributed by atoms with Crippen molar-refractivity contribution in [1.82, 2.24) is 0 Å². The van der Waals surface area contributed by atoms with Crippen LogP contribution in [-0.2, 0) is 22.4 Å². The van der Waals surface area contributed by atoms with Gasteiger partial charge in [-0.3, -0.25) is 4.79 Å². The molecule has 7 heteroatoms. The summed E-state index contributed by atoms with van der Waals surface area (Å²) in [6, 6.07) is 9.95. The number of benzene rings is 1. The van der Waals surface area contributed by atoms with E-state index in [1.165, 1.54) is 30.6 Å². The van der Waals surface area contributed by atoms with Crippen molar-refractivity contribution in [2.24, 2.45) is 0 Å². The highest BCUT2D eigenvalue weighted by Gasteiger charge is 2.27. The second-order valence-corrected chi connectivity index (χ2v) is 9.50. The van der Waals surface area contributed by atoms with Crippen LogP contribution in [0.15, 0.2) is 29.8 Å². The van der Waals surface area contributed by atoms with Crippen molar-refractivity contribution in [2.75, 3.05) is 29.9 Å². The van der Waals surface area contributed by atoms with E-state index in [-0.39, 0.29) is 12.2 Å². The summed E-state index contributed by atoms with van der Waals surface area (Å²) in [7, 11) is 0. The Balaban J connectivity index is 1.53. The third-order valence-corrected chi connectivity index (χ3v) is 7.38. The standard InChI is InChI=1S/C26H29N3O3S/c1-2-32-26(31)23-21-8-4-5-9-22(21)33-25(23)28-24(30)19(17-27)16-18-10-12-20(13-11-18)29-14-6-3-7-15-29/h10-13,16H,2-9,14-15H2,1H3,(H,28,30). The Morgan fingerprint density at radius 1 is 1.12 bits per heavy atom. The number of amides is 1. The first-order chi connectivity index (χ1) is 16.1. The number of carbonyl (C=O) groups excluding carboxylic acids is 2. The summed E-state index contributed by atoms with van der Waals surface area (Å²) in [5.41, 5.74) is 3.39. The summed E-state index contributed by atoms with van der Waals surface area (Å²) < 4.78 is 5.25. The largest absolute Gasteiger partial charge is 0.462 e. The Morgan fingerprint density at radius 2 is 1.85 bits per heavy atom. The highest BCUT2D eigenvalue weighted by molar-refractivity contribution is 7.17. The minimum absolute atomic E-state index is 0.00176. The molecule has 1 amide bonds. The van der Waals surface area contributed by atoms with E-state index < -0.39 is 11.9 Å². The third kappa shape index (κ3) is 5.28. The average Bonchev–Trinajstić information content (AvgIpc) is 3.21. The van der Waals surface area contributed by atoms with Crippen LogP contribution < -0.4 is 10.2 Å². The summed E-state index contributed by atoms with van der Waals surface area (Å²) in [6.07, 6.45) is 9.07. The molecule has 1 aromatic heterocycles. The molecule has 33 heavy (non-hydrogen) atoms. The van der Waals surface area contributed by atoms with Gasteiger partial charge < -0.3 is 15.0 Å². The molecule has 1 aliphatic heterocycles. The molecule has 1 N–H and O–H groups in total. The SMILES string of the molecule is CCOC(=O)c1c(NC(=O)C(C#N)=Cc2ccc(N3CCCCC3)cc2)sc2c1CCCC2. The van der Waals surface area contributed by atoms with Crippen molar-refractivity contribution >= 4 is 40.0 Å². The highest BCUT2D eigenvalue weighted by Crippen LogP contribution is 2.38. The van der Waals surface area contributed by atoms with E-state index in [1.54, 1.807) is 13.0 Å². The molecule has 0 spiro atoms. The van der Waals surface area contributed by atoms with Crippen molar-refractivity contribution in [2.45, 2.75) is 51.9 Å². The molecule has 6 nitrogen and oxygen atoms in total. The molecular weight excluding hydrogens is 434 g/mol. The molecule has 0 radical (unpaired) electrons. The van der Waals surface area contributed by atoms with Crippen LogP contribution in [0.2, 0.25) is 0 Å². The lowest BCUT2D eigenvalue weighted by molar-refractivity contribution is -0.112. The van der Waals surface area contributed by atoms with Crippen molar-refractivity contribution in [1.29, 1.82) is 5.26 Å². The summed E-state index contributed by atoms with van der Waals surface area (Å²) in [5.74, 6) is -0.926. The summed E-state index contributed by atoms with van der Waals surface area (Å²) in [5, 5.41) is 12.9. The molecule has 0 unspecified atom stereocenters. The maximum absolute atomic E-state index is 13.0. The number of anilines is 2. The lowest BCUT2D eigenvalue weighted by Gasteiger charge is -2.28. The zero-order valence-electron chi connectivity index (χ0n) is 19.0. The van der Waals surface area contributed by atoms with Crippen molar-refractivity contribution in [3.8, 4) is 6.07 Å². The number of aryl methyl sites for hydroxylation is 1. The molecule has 0 bridgehead atoms. The average molecular weight is 464 g/mol. The fraction of sp³-hybridized carbons (Fsp3) is 0.423. The van der Waals surface area contributed by atoms with Gasteiger partial charge in [0.05, 0.1) is 12.2 Å². The zero-order valence-corrected chi connectivity index (χ0v) is 19.8. The van der Waals surface area contributed by atoms with Gasteiger partial charge in [0.15, 0.2) is 0 Å². The zero-order chi connectivity index (χ0) is 23.2. The summed E-state index contributed by atoms with van der Waals surface area (Å²) in [4.78, 5) is 29.1. The number of nitrogens with one attached hydrogen (secondary N) is 1. The Kier molecular flexibility index (Phi) is 7.46. The number of thiophene rings is 1. The Hall–Kier alpha value is -3.11. The topological polar surface area (TPSA) is 82.4 Å². The second-order valence-electron chi connectivity index (χ2n) is 8.40. The number of rotatable bonds is 6. The van der Waals surface area contributed by atoms with Crippen LogP contribution in [0.3, 0.4) is 0 Å². The Labute approximate surface area is 198 Å². The number of hydrogen-bond acceptors (Lipinski definition) is 6. The fourth-order valence-electron chi connectivity index (χ4n) is 4.49. The van der Waals surface area contributed by atoms with Gasteiger partial charge in [-0.25, -0.2) is 4.79 Å². The number of nitrogens with zero attached hydrogens (tertiary/aromatic N) is 2. The minimum Gasteiger partial charge on any atom is -0.462 e. The van der Waals surface area contributed by atoms with Gasteiger partial charge in [0, 0.05) is 23.7 Å². The molecule has 2 aliphatic rings. The molecule has 2 aromatic rings. The Bertz CT molecular complexity index is 1090. The molecule has 1 aliphatic carbocycles. The monoisotopic (exact) mass is 463 g/mol. The van der Waals surface area contributed by atoms with Crippen LogP contribution in [0.4, 0.5) is 10.7 Å². The van der Waals surface area contributed by atoms with Gasteiger partial charge in [-0.2, -0.15) is 5.26 Å². The molecule has 4 rings (SSSR count). The van der Waals surface area contributed by atoms with Crippen LogP contribution in [0.5, 0.6) is 0 Å². The van der Waals surface area contributed by atoms with Crippen LogP contribution >= 0.6 is 11.3 Å². The molecule has 0 saturated carbocycles. The summed E-state index contributed by atoms with van der Waals surface area (Å²) >= 11 is 1.42. The number of fused-ring (bicyclic) bond motifs is 1. The van der Waals surface area contributed by atoms with E-state index in [2.05, 4.69) is 10.2 Å². The number of nitriles is 1. The minimum atomic E-state index is -0.512. The van der Waals surface area contributed by atoms with Gasteiger partial charge >= 0.3 is 5.97 Å². The lowest BCUT2D eigenvalue weighted by atomic mass is 9.95. The molecule has 1 fully saturated rings. The van der Waals surface area contributed by atoms with E-state index in [0.717, 1.165) is 60.5 Å². The predicted octanol–water partition coefficient (Wildman–Crippen LogP) is 5.34. The number of esters is 1. The van der Waals surface area contributed by atoms with Crippen molar-refractivity contribution in [3.63, 3.8) is 0 Å². The Morgan fingerprint density at radius 3 is 2.55 bits per heavy atom. The van der Waals surface area contributed by atoms with Crippen LogP contribution in [-0.4, -0.2) is 31.6 Å². The van der Waals surface area contributed by atoms with Gasteiger partial charge in [0.1, 0.15) is 16.6 Å². The maximum Gasteiger partial charge on any atom is 0.341 e. The molecule has 0 atom stereocenters. The van der Waals surface area contributed by atoms with E-state index in [1.807, 2.05) is 30.3 Å². The molecular formula is C26H29N3O3S. The van der Waals surface area contributed by atoms with E-state index in [9.17, 15) is 14.9 Å². The van der Waals surface area contributed by atoms with E-state index >= 15 is 0 Å². The van der Waals surface area contributed by atoms with E-state index in [0.29, 0.717) is 10.6 Å². The van der Waals surface area contributed by atoms with Gasteiger partial charge in [0.2, 0.25) is 0 Å². The second kappa shape index (κ2) is 10.7. The first-order valence-electron chi connectivity index (χ1n) is 11.7. The number of hydrogen-bond donors (Lipinski definition) is 1. The van der Waals surface area contributed by atoms with Gasteiger partial charge in [-0.1, -0.05) is 12.1 Å². The van der Waals surface area contributed by atoms with E-state index in [4.69, 9.17) is 4.74 Å². The maximum atomic E-state index is 13.0. The van der Waals surface area contributed by atoms with Crippen LogP contribution in [0.25, 0.3) is 6.08 Å². The fourth-order valence-corrected chi connectivity index (χ4v) is 5.76. The molecule has 1 aromatic carbocycles. The molecule has 2 heterocycles. The predicted molar refractivity (Wildman–Crippen MR) is 132 cm³/mol. The van der Waals surface area contributed by atoms with Crippen LogP contribution in [0.1, 0.15) is 65.4 Å². The van der Waals surface area contributed by atoms with Gasteiger partial charge in [0.25, 0.3) is 5.91 Å². The smallest absolute Gasteiger partial charge is 0.341 e. The summed E-state index contributed by atoms with van der Waals surface area (Å²) in [6.45, 7) is 4.17. The first-order valence-corrected chi connectivity index (χ1v) is 12.5. The lowest BCUT2D eigenvalue weighted by Crippen LogP contribution is -2.29. The van der Waals surface area contributed by atoms with Crippen molar-refractivity contribution < 1.29 is 14.3 Å². The molecule has 1 saturated heterocycles.